The molecule has 1 aliphatic carbocycles. The first-order valence-corrected chi connectivity index (χ1v) is 7.13. The molecule has 106 valence electrons. The van der Waals surface area contributed by atoms with E-state index in [1.165, 1.54) is 11.1 Å². The molecule has 4 nitrogen and oxygen atoms in total. The molecule has 4 heteroatoms. The summed E-state index contributed by atoms with van der Waals surface area (Å²) in [6.07, 6.45) is 2.91. The van der Waals surface area contributed by atoms with Gasteiger partial charge in [-0.3, -0.25) is 4.68 Å². The topological polar surface area (TPSA) is 39.1 Å². The van der Waals surface area contributed by atoms with Crippen LogP contribution in [0.1, 0.15) is 35.7 Å². The number of hydrogen-bond acceptors (Lipinski definition) is 3. The number of methoxy groups -OCH3 is 1. The summed E-state index contributed by atoms with van der Waals surface area (Å²) in [5.41, 5.74) is 4.04. The molecule has 2 unspecified atom stereocenters. The summed E-state index contributed by atoms with van der Waals surface area (Å²) in [5, 5.41) is 7.94. The Morgan fingerprint density at radius 2 is 2.25 bits per heavy atom. The molecule has 0 saturated carbocycles. The fourth-order valence-corrected chi connectivity index (χ4v) is 3.18. The number of likely N-dealkylation sites (N-methyl/N-ethyl adjacent to an activating group) is 1. The van der Waals surface area contributed by atoms with Crippen molar-refractivity contribution in [1.29, 1.82) is 0 Å². The number of nitrogens with one attached hydrogen (secondary N) is 1. The average molecular weight is 271 g/mol. The lowest BCUT2D eigenvalue weighted by Crippen LogP contribution is -2.34. The van der Waals surface area contributed by atoms with Gasteiger partial charge in [-0.15, -0.1) is 0 Å². The van der Waals surface area contributed by atoms with Crippen molar-refractivity contribution in [3.05, 3.63) is 47.3 Å². The summed E-state index contributed by atoms with van der Waals surface area (Å²) >= 11 is 0. The van der Waals surface area contributed by atoms with E-state index in [0.717, 1.165) is 24.4 Å². The number of benzene rings is 1. The number of aromatic nitrogens is 2. The molecule has 1 N–H and O–H groups in total. The first-order valence-electron chi connectivity index (χ1n) is 7.13. The predicted octanol–water partition coefficient (Wildman–Crippen LogP) is 2.42. The SMILES string of the molecule is CCNC(c1c(OC)cnn1C)C1Cc2ccccc21. The van der Waals surface area contributed by atoms with Gasteiger partial charge >= 0.3 is 0 Å². The maximum absolute atomic E-state index is 5.48. The zero-order chi connectivity index (χ0) is 14.1. The zero-order valence-corrected chi connectivity index (χ0v) is 12.3. The third-order valence-corrected chi connectivity index (χ3v) is 4.18. The van der Waals surface area contributed by atoms with Crippen molar-refractivity contribution in [3.8, 4) is 5.75 Å². The molecule has 2 aromatic rings. The standard InChI is InChI=1S/C16H21N3O/c1-4-17-15(16-14(20-3)10-18-19(16)2)13-9-11-7-5-6-8-12(11)13/h5-8,10,13,15,17H,4,9H2,1-3H3. The molecule has 20 heavy (non-hydrogen) atoms. The van der Waals surface area contributed by atoms with E-state index in [0.29, 0.717) is 5.92 Å². The van der Waals surface area contributed by atoms with Crippen molar-refractivity contribution in [3.63, 3.8) is 0 Å². The van der Waals surface area contributed by atoms with Gasteiger partial charge in [-0.1, -0.05) is 31.2 Å². The molecule has 1 aromatic heterocycles. The van der Waals surface area contributed by atoms with Gasteiger partial charge in [0.05, 0.1) is 25.0 Å². The zero-order valence-electron chi connectivity index (χ0n) is 12.3. The molecule has 0 amide bonds. The Balaban J connectivity index is 1.97. The van der Waals surface area contributed by atoms with Gasteiger partial charge < -0.3 is 10.1 Å². The third kappa shape index (κ3) is 2.00. The maximum Gasteiger partial charge on any atom is 0.161 e. The number of rotatable bonds is 5. The Bertz CT molecular complexity index is 606. The van der Waals surface area contributed by atoms with Crippen molar-refractivity contribution < 1.29 is 4.74 Å². The Kier molecular flexibility index (Phi) is 3.49. The number of aryl methyl sites for hydroxylation is 1. The molecular formula is C16H21N3O. The summed E-state index contributed by atoms with van der Waals surface area (Å²) in [5.74, 6) is 1.36. The van der Waals surface area contributed by atoms with E-state index in [9.17, 15) is 0 Å². The first kappa shape index (κ1) is 13.2. The molecule has 0 saturated heterocycles. The first-order chi connectivity index (χ1) is 9.76. The van der Waals surface area contributed by atoms with Crippen LogP contribution in [0.4, 0.5) is 0 Å². The highest BCUT2D eigenvalue weighted by atomic mass is 16.5. The normalized spacial score (nSPS) is 18.2. The van der Waals surface area contributed by atoms with Crippen LogP contribution < -0.4 is 10.1 Å². The molecule has 1 aliphatic rings. The Morgan fingerprint density at radius 3 is 2.95 bits per heavy atom. The number of nitrogens with zero attached hydrogens (tertiary/aromatic N) is 2. The highest BCUT2D eigenvalue weighted by Crippen LogP contribution is 2.45. The number of fused-ring (bicyclic) bond motifs is 1. The summed E-state index contributed by atoms with van der Waals surface area (Å²) in [7, 11) is 3.69. The van der Waals surface area contributed by atoms with Crippen LogP contribution in [0.25, 0.3) is 0 Å². The molecule has 1 aromatic carbocycles. The van der Waals surface area contributed by atoms with Gasteiger partial charge in [-0.05, 0) is 24.1 Å². The highest BCUT2D eigenvalue weighted by Gasteiger charge is 2.36. The van der Waals surface area contributed by atoms with Gasteiger partial charge in [0.1, 0.15) is 0 Å². The second kappa shape index (κ2) is 5.29. The summed E-state index contributed by atoms with van der Waals surface area (Å²) in [4.78, 5) is 0. The summed E-state index contributed by atoms with van der Waals surface area (Å²) in [6.45, 7) is 3.07. The van der Waals surface area contributed by atoms with Crippen molar-refractivity contribution in [1.82, 2.24) is 15.1 Å². The largest absolute Gasteiger partial charge is 0.493 e. The Hall–Kier alpha value is -1.81. The van der Waals surface area contributed by atoms with Gasteiger partial charge in [0, 0.05) is 13.0 Å². The molecule has 0 bridgehead atoms. The second-order valence-electron chi connectivity index (χ2n) is 5.27. The molecule has 3 rings (SSSR count). The lowest BCUT2D eigenvalue weighted by molar-refractivity contribution is 0.363. The van der Waals surface area contributed by atoms with E-state index < -0.39 is 0 Å². The van der Waals surface area contributed by atoms with Crippen LogP contribution >= 0.6 is 0 Å². The van der Waals surface area contributed by atoms with Crippen LogP contribution in [0.2, 0.25) is 0 Å². The lowest BCUT2D eigenvalue weighted by Gasteiger charge is -2.37. The molecular weight excluding hydrogens is 250 g/mol. The fourth-order valence-electron chi connectivity index (χ4n) is 3.18. The van der Waals surface area contributed by atoms with Gasteiger partial charge in [0.25, 0.3) is 0 Å². The molecule has 0 radical (unpaired) electrons. The summed E-state index contributed by atoms with van der Waals surface area (Å²) in [6, 6.07) is 8.93. The lowest BCUT2D eigenvalue weighted by atomic mass is 9.72. The number of ether oxygens (including phenoxy) is 1. The molecule has 0 aliphatic heterocycles. The van der Waals surface area contributed by atoms with E-state index in [-0.39, 0.29) is 6.04 Å². The minimum Gasteiger partial charge on any atom is -0.493 e. The van der Waals surface area contributed by atoms with Crippen LogP contribution in [0.15, 0.2) is 30.5 Å². The second-order valence-corrected chi connectivity index (χ2v) is 5.27. The molecule has 0 spiro atoms. The van der Waals surface area contributed by atoms with Gasteiger partial charge in [-0.2, -0.15) is 5.10 Å². The highest BCUT2D eigenvalue weighted by molar-refractivity contribution is 5.44. The average Bonchev–Trinajstić information content (AvgIpc) is 2.80. The van der Waals surface area contributed by atoms with E-state index in [1.807, 2.05) is 11.7 Å². The van der Waals surface area contributed by atoms with Crippen LogP contribution in [-0.4, -0.2) is 23.4 Å². The van der Waals surface area contributed by atoms with Crippen molar-refractivity contribution >= 4 is 0 Å². The Labute approximate surface area is 119 Å². The smallest absolute Gasteiger partial charge is 0.161 e. The van der Waals surface area contributed by atoms with E-state index in [2.05, 4.69) is 41.6 Å². The van der Waals surface area contributed by atoms with Crippen LogP contribution in [-0.2, 0) is 13.5 Å². The quantitative estimate of drug-likeness (QED) is 0.907. The predicted molar refractivity (Wildman–Crippen MR) is 79.1 cm³/mol. The van der Waals surface area contributed by atoms with Crippen molar-refractivity contribution in [2.24, 2.45) is 7.05 Å². The maximum atomic E-state index is 5.48. The van der Waals surface area contributed by atoms with Crippen LogP contribution in [0.3, 0.4) is 0 Å². The molecule has 2 atom stereocenters. The minimum atomic E-state index is 0.248. The van der Waals surface area contributed by atoms with Crippen molar-refractivity contribution in [2.45, 2.75) is 25.3 Å². The summed E-state index contributed by atoms with van der Waals surface area (Å²) < 4.78 is 7.40. The van der Waals surface area contributed by atoms with Crippen LogP contribution in [0.5, 0.6) is 5.75 Å². The molecule has 0 fully saturated rings. The number of hydrogen-bond donors (Lipinski definition) is 1. The van der Waals surface area contributed by atoms with E-state index in [4.69, 9.17) is 4.74 Å². The van der Waals surface area contributed by atoms with Gasteiger partial charge in [0.2, 0.25) is 0 Å². The van der Waals surface area contributed by atoms with Crippen LogP contribution in [0, 0.1) is 0 Å². The molecule has 1 heterocycles. The van der Waals surface area contributed by atoms with Crippen molar-refractivity contribution in [2.75, 3.05) is 13.7 Å². The Morgan fingerprint density at radius 1 is 1.45 bits per heavy atom. The van der Waals surface area contributed by atoms with E-state index in [1.54, 1.807) is 13.3 Å². The minimum absolute atomic E-state index is 0.248. The fraction of sp³-hybridized carbons (Fsp3) is 0.438. The van der Waals surface area contributed by atoms with E-state index >= 15 is 0 Å². The third-order valence-electron chi connectivity index (χ3n) is 4.18. The van der Waals surface area contributed by atoms with Gasteiger partial charge in [0.15, 0.2) is 5.75 Å². The van der Waals surface area contributed by atoms with Gasteiger partial charge in [-0.25, -0.2) is 0 Å². The monoisotopic (exact) mass is 271 g/mol.